The van der Waals surface area contributed by atoms with Gasteiger partial charge in [0.25, 0.3) is 0 Å². The summed E-state index contributed by atoms with van der Waals surface area (Å²) in [5.41, 5.74) is 9.38. The minimum atomic E-state index is 0.545. The normalized spacial score (nSPS) is 11.7. The van der Waals surface area contributed by atoms with Gasteiger partial charge in [0.1, 0.15) is 11.2 Å². The molecule has 0 spiro atoms. The fourth-order valence-electron chi connectivity index (χ4n) is 8.79. The molecule has 0 N–H and O–H groups in total. The molecule has 0 aliphatic heterocycles. The van der Waals surface area contributed by atoms with E-state index in [2.05, 4.69) is 121 Å². The molecule has 0 fully saturated rings. The molecule has 5 nitrogen and oxygen atoms in total. The number of fused-ring (bicyclic) bond motifs is 10. The van der Waals surface area contributed by atoms with Crippen LogP contribution in [0.3, 0.4) is 0 Å². The van der Waals surface area contributed by atoms with Crippen molar-refractivity contribution in [2.24, 2.45) is 0 Å². The first-order valence-electron chi connectivity index (χ1n) is 19.8. The monoisotopic (exact) mass is 752 g/mol. The summed E-state index contributed by atoms with van der Waals surface area (Å²) < 4.78 is 6.51. The van der Waals surface area contributed by atoms with Gasteiger partial charge in [0.15, 0.2) is 17.5 Å². The predicted molar refractivity (Wildman–Crippen MR) is 242 cm³/mol. The smallest absolute Gasteiger partial charge is 0.167 e. The van der Waals surface area contributed by atoms with E-state index in [9.17, 15) is 0 Å². The van der Waals surface area contributed by atoms with E-state index in [1.54, 1.807) is 0 Å². The molecule has 0 radical (unpaired) electrons. The van der Waals surface area contributed by atoms with Gasteiger partial charge in [-0.1, -0.05) is 140 Å². The molecule has 274 valence electrons. The molecule has 12 rings (SSSR count). The number of furan rings is 1. The Balaban J connectivity index is 1.13. The van der Waals surface area contributed by atoms with Crippen LogP contribution >= 0.6 is 0 Å². The summed E-state index contributed by atoms with van der Waals surface area (Å²) >= 11 is 0. The molecule has 0 unspecified atom stereocenters. The van der Waals surface area contributed by atoms with E-state index in [1.807, 2.05) is 72.9 Å². The second kappa shape index (κ2) is 13.3. The highest BCUT2D eigenvalue weighted by Crippen LogP contribution is 2.41. The lowest BCUT2D eigenvalue weighted by molar-refractivity contribution is 0.669. The molecule has 0 saturated carbocycles. The second-order valence-electron chi connectivity index (χ2n) is 15.0. The van der Waals surface area contributed by atoms with Crippen molar-refractivity contribution in [3.05, 3.63) is 194 Å². The number of pyridine rings is 1. The van der Waals surface area contributed by atoms with Gasteiger partial charge < -0.3 is 4.42 Å². The highest BCUT2D eigenvalue weighted by molar-refractivity contribution is 6.25. The first-order chi connectivity index (χ1) is 29.2. The Bertz CT molecular complexity index is 3590. The summed E-state index contributed by atoms with van der Waals surface area (Å²) in [5.74, 6) is 1.70. The fraction of sp³-hybridized carbons (Fsp3) is 0. The van der Waals surface area contributed by atoms with Crippen LogP contribution in [0.25, 0.3) is 122 Å². The van der Waals surface area contributed by atoms with Crippen LogP contribution in [0, 0.1) is 0 Å². The maximum atomic E-state index is 6.51. The van der Waals surface area contributed by atoms with Crippen molar-refractivity contribution in [3.63, 3.8) is 0 Å². The van der Waals surface area contributed by atoms with Gasteiger partial charge in [-0.3, -0.25) is 4.98 Å². The van der Waals surface area contributed by atoms with Crippen molar-refractivity contribution in [1.29, 1.82) is 0 Å². The molecular formula is C54H32N4O. The molecule has 12 aromatic rings. The molecule has 0 aliphatic carbocycles. The highest BCUT2D eigenvalue weighted by Gasteiger charge is 2.19. The second-order valence-corrected chi connectivity index (χ2v) is 15.0. The standard InChI is InChI=1S/C54H32N4O/c1-2-13-33(14-3-1)52-56-53(58-54(57-52)47-22-10-21-46-45-19-8-9-25-50(45)59-51(46)47)37-30-35(29-36(31-37)38-20-11-24-49-44(38)23-12-28-55-49)34-26-27-43-41-17-5-4-15-39(41)40-16-6-7-18-42(40)48(43)32-34/h1-32H. The quantitative estimate of drug-likeness (QED) is 0.164. The van der Waals surface area contributed by atoms with E-state index >= 15 is 0 Å². The number of para-hydroxylation sites is 2. The van der Waals surface area contributed by atoms with E-state index in [0.29, 0.717) is 17.5 Å². The van der Waals surface area contributed by atoms with Gasteiger partial charge in [-0.2, -0.15) is 0 Å². The first kappa shape index (κ1) is 33.2. The minimum absolute atomic E-state index is 0.545. The largest absolute Gasteiger partial charge is 0.455 e. The third-order valence-electron chi connectivity index (χ3n) is 11.5. The van der Waals surface area contributed by atoms with E-state index in [4.69, 9.17) is 24.4 Å². The Morgan fingerprint density at radius 2 is 0.881 bits per heavy atom. The van der Waals surface area contributed by atoms with Gasteiger partial charge in [-0.25, -0.2) is 15.0 Å². The lowest BCUT2D eigenvalue weighted by Crippen LogP contribution is -2.01. The Hall–Kier alpha value is -8.02. The Labute approximate surface area is 338 Å². The van der Waals surface area contributed by atoms with Crippen LogP contribution < -0.4 is 0 Å². The van der Waals surface area contributed by atoms with Crippen molar-refractivity contribution in [2.75, 3.05) is 0 Å². The molecule has 0 bridgehead atoms. The third-order valence-corrected chi connectivity index (χ3v) is 11.5. The number of aromatic nitrogens is 4. The van der Waals surface area contributed by atoms with Crippen LogP contribution in [0.15, 0.2) is 199 Å². The van der Waals surface area contributed by atoms with Gasteiger partial charge >= 0.3 is 0 Å². The van der Waals surface area contributed by atoms with Crippen molar-refractivity contribution in [2.45, 2.75) is 0 Å². The lowest BCUT2D eigenvalue weighted by Gasteiger charge is -2.15. The predicted octanol–water partition coefficient (Wildman–Crippen LogP) is 14.1. The fourth-order valence-corrected chi connectivity index (χ4v) is 8.79. The van der Waals surface area contributed by atoms with Gasteiger partial charge in [-0.05, 0) is 103 Å². The van der Waals surface area contributed by atoms with E-state index < -0.39 is 0 Å². The minimum Gasteiger partial charge on any atom is -0.455 e. The Morgan fingerprint density at radius 1 is 0.305 bits per heavy atom. The van der Waals surface area contributed by atoms with Crippen LogP contribution in [0.1, 0.15) is 0 Å². The Kier molecular flexibility index (Phi) is 7.47. The number of hydrogen-bond donors (Lipinski definition) is 0. The van der Waals surface area contributed by atoms with Crippen molar-refractivity contribution >= 4 is 65.2 Å². The average molecular weight is 753 g/mol. The number of rotatable bonds is 5. The summed E-state index contributed by atoms with van der Waals surface area (Å²) in [7, 11) is 0. The Morgan fingerprint density at radius 3 is 1.68 bits per heavy atom. The maximum absolute atomic E-state index is 6.51. The third kappa shape index (κ3) is 5.47. The number of hydrogen-bond acceptors (Lipinski definition) is 5. The van der Waals surface area contributed by atoms with Crippen LogP contribution in [0.5, 0.6) is 0 Å². The summed E-state index contributed by atoms with van der Waals surface area (Å²) in [6.07, 6.45) is 1.84. The van der Waals surface area contributed by atoms with Gasteiger partial charge in [0, 0.05) is 33.5 Å². The van der Waals surface area contributed by atoms with Crippen LogP contribution in [-0.4, -0.2) is 19.9 Å². The van der Waals surface area contributed by atoms with E-state index in [1.165, 1.54) is 32.3 Å². The molecule has 59 heavy (non-hydrogen) atoms. The van der Waals surface area contributed by atoms with Gasteiger partial charge in [0.2, 0.25) is 0 Å². The molecule has 9 aromatic carbocycles. The van der Waals surface area contributed by atoms with E-state index in [0.717, 1.165) is 71.8 Å². The zero-order valence-corrected chi connectivity index (χ0v) is 31.7. The number of benzene rings is 9. The zero-order chi connectivity index (χ0) is 38.9. The highest BCUT2D eigenvalue weighted by atomic mass is 16.3. The average Bonchev–Trinajstić information content (AvgIpc) is 3.70. The summed E-state index contributed by atoms with van der Waals surface area (Å²) in [6, 6.07) is 65.8. The molecule has 3 heterocycles. The lowest BCUT2D eigenvalue weighted by atomic mass is 9.90. The molecule has 0 saturated heterocycles. The zero-order valence-electron chi connectivity index (χ0n) is 31.7. The maximum Gasteiger partial charge on any atom is 0.167 e. The first-order valence-corrected chi connectivity index (χ1v) is 19.8. The van der Waals surface area contributed by atoms with Gasteiger partial charge in [0.05, 0.1) is 11.1 Å². The summed E-state index contributed by atoms with van der Waals surface area (Å²) in [6.45, 7) is 0. The summed E-state index contributed by atoms with van der Waals surface area (Å²) in [5, 5.41) is 10.6. The van der Waals surface area contributed by atoms with Crippen molar-refractivity contribution < 1.29 is 4.42 Å². The molecular weight excluding hydrogens is 721 g/mol. The van der Waals surface area contributed by atoms with Crippen LogP contribution in [0.4, 0.5) is 0 Å². The molecule has 0 aliphatic rings. The SMILES string of the molecule is c1ccc(-c2nc(-c3cc(-c4ccc5c6ccccc6c6ccccc6c5c4)cc(-c4cccc5ncccc45)c3)nc(-c3cccc4c3oc3ccccc34)n2)cc1. The van der Waals surface area contributed by atoms with Crippen LogP contribution in [0.2, 0.25) is 0 Å². The molecule has 3 aromatic heterocycles. The van der Waals surface area contributed by atoms with Gasteiger partial charge in [-0.15, -0.1) is 0 Å². The van der Waals surface area contributed by atoms with Crippen molar-refractivity contribution in [3.8, 4) is 56.4 Å². The molecule has 0 amide bonds. The summed E-state index contributed by atoms with van der Waals surface area (Å²) in [4.78, 5) is 20.3. The van der Waals surface area contributed by atoms with Crippen molar-refractivity contribution in [1.82, 2.24) is 19.9 Å². The van der Waals surface area contributed by atoms with Crippen LogP contribution in [-0.2, 0) is 0 Å². The number of nitrogens with zero attached hydrogens (tertiary/aromatic N) is 4. The molecule has 0 atom stereocenters. The topological polar surface area (TPSA) is 64.7 Å². The van der Waals surface area contributed by atoms with E-state index in [-0.39, 0.29) is 0 Å². The molecule has 5 heteroatoms.